The maximum atomic E-state index is 12.3. The molecule has 1 N–H and O–H groups in total. The van der Waals surface area contributed by atoms with Crippen LogP contribution in [0.3, 0.4) is 0 Å². The molecule has 0 spiro atoms. The van der Waals surface area contributed by atoms with Crippen LogP contribution in [-0.2, 0) is 19.6 Å². The van der Waals surface area contributed by atoms with Crippen molar-refractivity contribution in [2.45, 2.75) is 6.42 Å². The van der Waals surface area contributed by atoms with E-state index in [0.29, 0.717) is 35.8 Å². The largest absolute Gasteiger partial charge is 0.490 e. The lowest BCUT2D eigenvalue weighted by atomic mass is 10.1. The predicted molar refractivity (Wildman–Crippen MR) is 110 cm³/mol. The molecule has 0 saturated heterocycles. The number of carbonyl (C=O) groups excluding carboxylic acids is 2. The van der Waals surface area contributed by atoms with Gasteiger partial charge in [0.15, 0.2) is 23.9 Å². The topological polar surface area (TPSA) is 108 Å². The Kier molecular flexibility index (Phi) is 7.21. The molecule has 1 aliphatic rings. The van der Waals surface area contributed by atoms with E-state index in [-0.39, 0.29) is 0 Å². The Hall–Kier alpha value is -3.17. The molecule has 2 aromatic rings. The molecule has 0 bridgehead atoms. The summed E-state index contributed by atoms with van der Waals surface area (Å²) in [5.41, 5.74) is 1.00. The molecule has 158 valence electrons. The van der Waals surface area contributed by atoms with E-state index in [1.165, 1.54) is 12.1 Å². The van der Waals surface area contributed by atoms with Gasteiger partial charge in [-0.1, -0.05) is 30.3 Å². The van der Waals surface area contributed by atoms with Crippen LogP contribution in [-0.4, -0.2) is 46.5 Å². The smallest absolute Gasteiger partial charge is 0.321 e. The van der Waals surface area contributed by atoms with Gasteiger partial charge in [0.25, 0.3) is 0 Å². The minimum atomic E-state index is -3.83. The van der Waals surface area contributed by atoms with Crippen LogP contribution in [0.5, 0.6) is 11.5 Å². The van der Waals surface area contributed by atoms with E-state index in [9.17, 15) is 18.0 Å². The molecule has 0 amide bonds. The minimum absolute atomic E-state index is 0.304. The van der Waals surface area contributed by atoms with E-state index in [0.717, 1.165) is 11.8 Å². The van der Waals surface area contributed by atoms with Crippen molar-refractivity contribution in [3.05, 3.63) is 65.1 Å². The zero-order chi connectivity index (χ0) is 21.4. The lowest BCUT2D eigenvalue weighted by molar-refractivity contribution is -0.141. The highest BCUT2D eigenvalue weighted by Crippen LogP contribution is 2.30. The number of benzene rings is 2. The Morgan fingerprint density at radius 1 is 1.03 bits per heavy atom. The molecule has 2 aromatic carbocycles. The summed E-state index contributed by atoms with van der Waals surface area (Å²) in [4.78, 5) is 24.1. The molecule has 0 radical (unpaired) electrons. The van der Waals surface area contributed by atoms with Crippen molar-refractivity contribution in [1.82, 2.24) is 4.72 Å². The number of esters is 1. The number of rotatable bonds is 8. The fourth-order valence-electron chi connectivity index (χ4n) is 2.56. The van der Waals surface area contributed by atoms with E-state index in [1.54, 1.807) is 36.4 Å². The maximum Gasteiger partial charge on any atom is 0.321 e. The Morgan fingerprint density at radius 3 is 2.53 bits per heavy atom. The Labute approximate surface area is 174 Å². The van der Waals surface area contributed by atoms with Crippen LogP contribution in [0.4, 0.5) is 0 Å². The zero-order valence-electron chi connectivity index (χ0n) is 16.1. The van der Waals surface area contributed by atoms with Gasteiger partial charge in [-0.05, 0) is 29.8 Å². The molecule has 0 aliphatic carbocycles. The van der Waals surface area contributed by atoms with E-state index >= 15 is 0 Å². The van der Waals surface area contributed by atoms with E-state index in [1.807, 2.05) is 6.07 Å². The number of carbonyl (C=O) groups is 2. The fourth-order valence-corrected chi connectivity index (χ4v) is 3.31. The highest BCUT2D eigenvalue weighted by atomic mass is 32.2. The molecule has 1 aliphatic heterocycles. The standard InChI is InChI=1S/C21H21NO7S/c23-18(17-7-8-19-20(13-17)28-11-4-10-27-19)15-29-21(24)14-22-30(25,26)12-9-16-5-2-1-3-6-16/h1-3,5-9,12-13,22H,4,10-11,14-15H2/b12-9+. The lowest BCUT2D eigenvalue weighted by Crippen LogP contribution is -2.30. The van der Waals surface area contributed by atoms with Gasteiger partial charge in [0.2, 0.25) is 10.0 Å². The van der Waals surface area contributed by atoms with E-state index < -0.39 is 34.9 Å². The van der Waals surface area contributed by atoms with Gasteiger partial charge >= 0.3 is 5.97 Å². The molecule has 0 aromatic heterocycles. The van der Waals surface area contributed by atoms with Crippen molar-refractivity contribution in [3.8, 4) is 11.5 Å². The van der Waals surface area contributed by atoms with Crippen LogP contribution < -0.4 is 14.2 Å². The average Bonchev–Trinajstić information content (AvgIpc) is 3.00. The van der Waals surface area contributed by atoms with Gasteiger partial charge in [-0.3, -0.25) is 9.59 Å². The van der Waals surface area contributed by atoms with E-state index in [2.05, 4.69) is 4.72 Å². The number of ketones is 1. The predicted octanol–water partition coefficient (Wildman–Crippen LogP) is 2.16. The maximum absolute atomic E-state index is 12.3. The van der Waals surface area contributed by atoms with E-state index in [4.69, 9.17) is 14.2 Å². The van der Waals surface area contributed by atoms with Crippen molar-refractivity contribution in [1.29, 1.82) is 0 Å². The summed E-state index contributed by atoms with van der Waals surface area (Å²) < 4.78 is 41.9. The second kappa shape index (κ2) is 10.0. The number of nitrogens with one attached hydrogen (secondary N) is 1. The quantitative estimate of drug-likeness (QED) is 0.504. The third kappa shape index (κ3) is 6.43. The monoisotopic (exact) mass is 431 g/mol. The number of hydrogen-bond donors (Lipinski definition) is 1. The molecule has 0 fully saturated rings. The summed E-state index contributed by atoms with van der Waals surface area (Å²) in [6, 6.07) is 13.6. The van der Waals surface area contributed by atoms with Gasteiger partial charge < -0.3 is 14.2 Å². The number of sulfonamides is 1. The molecule has 3 rings (SSSR count). The van der Waals surface area contributed by atoms with Crippen LogP contribution >= 0.6 is 0 Å². The average molecular weight is 431 g/mol. The van der Waals surface area contributed by atoms with Crippen molar-refractivity contribution in [3.63, 3.8) is 0 Å². The molecule has 8 nitrogen and oxygen atoms in total. The molecule has 9 heteroatoms. The van der Waals surface area contributed by atoms with Gasteiger partial charge in [-0.15, -0.1) is 0 Å². The second-order valence-corrected chi connectivity index (χ2v) is 8.03. The van der Waals surface area contributed by atoms with Crippen molar-refractivity contribution < 1.29 is 32.2 Å². The summed E-state index contributed by atoms with van der Waals surface area (Å²) in [5.74, 6) is -0.290. The second-order valence-electron chi connectivity index (χ2n) is 6.38. The van der Waals surface area contributed by atoms with Crippen molar-refractivity contribution >= 4 is 27.9 Å². The molecule has 0 atom stereocenters. The minimum Gasteiger partial charge on any atom is -0.490 e. The van der Waals surface area contributed by atoms with Crippen molar-refractivity contribution in [2.75, 3.05) is 26.4 Å². The first-order valence-corrected chi connectivity index (χ1v) is 10.8. The number of ether oxygens (including phenoxy) is 3. The summed E-state index contributed by atoms with van der Waals surface area (Å²) >= 11 is 0. The summed E-state index contributed by atoms with van der Waals surface area (Å²) in [7, 11) is -3.83. The van der Waals surface area contributed by atoms with Gasteiger partial charge in [0.05, 0.1) is 13.2 Å². The zero-order valence-corrected chi connectivity index (χ0v) is 16.9. The number of fused-ring (bicyclic) bond motifs is 1. The SMILES string of the molecule is O=C(CNS(=O)(=O)/C=C/c1ccccc1)OCC(=O)c1ccc2c(c1)OCCCO2. The summed E-state index contributed by atoms with van der Waals surface area (Å²) in [6.07, 6.45) is 2.15. The lowest BCUT2D eigenvalue weighted by Gasteiger charge is -2.09. The molecule has 30 heavy (non-hydrogen) atoms. The Morgan fingerprint density at radius 2 is 1.77 bits per heavy atom. The third-order valence-electron chi connectivity index (χ3n) is 4.09. The van der Waals surface area contributed by atoms with Crippen molar-refractivity contribution in [2.24, 2.45) is 0 Å². The van der Waals surface area contributed by atoms with Gasteiger partial charge in [-0.25, -0.2) is 13.1 Å². The highest BCUT2D eigenvalue weighted by molar-refractivity contribution is 7.92. The normalized spacial score (nSPS) is 13.6. The fraction of sp³-hybridized carbons (Fsp3) is 0.238. The number of Topliss-reactive ketones (excluding diaryl/α,β-unsaturated/α-hetero) is 1. The van der Waals surface area contributed by atoms with Gasteiger partial charge in [-0.2, -0.15) is 0 Å². The molecule has 1 heterocycles. The summed E-state index contributed by atoms with van der Waals surface area (Å²) in [5, 5.41) is 0.957. The van der Waals surface area contributed by atoms with Crippen LogP contribution in [0.25, 0.3) is 6.08 Å². The Bertz CT molecular complexity index is 1030. The first-order valence-electron chi connectivity index (χ1n) is 9.24. The molecule has 0 saturated carbocycles. The molecule has 0 unspecified atom stereocenters. The highest BCUT2D eigenvalue weighted by Gasteiger charge is 2.16. The van der Waals surface area contributed by atoms with Crippen LogP contribution in [0.15, 0.2) is 53.9 Å². The van der Waals surface area contributed by atoms with Crippen LogP contribution in [0.1, 0.15) is 22.3 Å². The van der Waals surface area contributed by atoms with Crippen LogP contribution in [0.2, 0.25) is 0 Å². The molecular formula is C21H21NO7S. The number of hydrogen-bond acceptors (Lipinski definition) is 7. The first-order chi connectivity index (χ1) is 14.4. The third-order valence-corrected chi connectivity index (χ3v) is 5.13. The van der Waals surface area contributed by atoms with Crippen LogP contribution in [0, 0.1) is 0 Å². The van der Waals surface area contributed by atoms with Gasteiger partial charge in [0, 0.05) is 17.4 Å². The Balaban J connectivity index is 1.48. The molecular weight excluding hydrogens is 410 g/mol. The van der Waals surface area contributed by atoms with Gasteiger partial charge in [0.1, 0.15) is 6.54 Å². The summed E-state index contributed by atoms with van der Waals surface area (Å²) in [6.45, 7) is -0.0806. The first kappa shape index (κ1) is 21.5.